The zero-order valence-electron chi connectivity index (χ0n) is 21.9. The zero-order chi connectivity index (χ0) is 26.6. The van der Waals surface area contributed by atoms with Crippen LogP contribution >= 0.6 is 0 Å². The van der Waals surface area contributed by atoms with Crippen molar-refractivity contribution in [2.75, 3.05) is 34.9 Å². The molecule has 190 valence electrons. The Morgan fingerprint density at radius 3 is 2.24 bits per heavy atom. The third-order valence-electron chi connectivity index (χ3n) is 6.25. The molecular formula is C31H30N6O. The summed E-state index contributed by atoms with van der Waals surface area (Å²) in [7, 11) is 4.07. The summed E-state index contributed by atoms with van der Waals surface area (Å²) >= 11 is 0. The van der Waals surface area contributed by atoms with Gasteiger partial charge in [0.2, 0.25) is 0 Å². The summed E-state index contributed by atoms with van der Waals surface area (Å²) in [5.74, 6) is -0.185. The number of amides is 1. The Kier molecular flexibility index (Phi) is 6.91. The van der Waals surface area contributed by atoms with Crippen molar-refractivity contribution in [2.24, 2.45) is 0 Å². The maximum atomic E-state index is 13.1. The second kappa shape index (κ2) is 10.6. The van der Waals surface area contributed by atoms with Crippen LogP contribution in [-0.2, 0) is 0 Å². The van der Waals surface area contributed by atoms with Crippen LogP contribution in [0.25, 0.3) is 10.9 Å². The van der Waals surface area contributed by atoms with Gasteiger partial charge in [-0.15, -0.1) is 0 Å². The number of benzene rings is 3. The minimum atomic E-state index is -0.185. The Morgan fingerprint density at radius 1 is 0.737 bits per heavy atom. The molecule has 3 aromatic carbocycles. The van der Waals surface area contributed by atoms with E-state index >= 15 is 0 Å². The molecule has 0 saturated carbocycles. The van der Waals surface area contributed by atoms with Crippen LogP contribution in [0.15, 0.2) is 91.3 Å². The van der Waals surface area contributed by atoms with Gasteiger partial charge in [-0.25, -0.2) is 0 Å². The van der Waals surface area contributed by atoms with Crippen molar-refractivity contribution < 1.29 is 4.79 Å². The van der Waals surface area contributed by atoms with Crippen molar-refractivity contribution in [3.8, 4) is 0 Å². The lowest BCUT2D eigenvalue weighted by Gasteiger charge is -2.18. The number of hydrogen-bond acceptors (Lipinski definition) is 6. The maximum Gasteiger partial charge on any atom is 0.255 e. The highest BCUT2D eigenvalue weighted by Gasteiger charge is 2.11. The van der Waals surface area contributed by atoms with Crippen molar-refractivity contribution in [2.45, 2.75) is 13.8 Å². The number of anilines is 6. The van der Waals surface area contributed by atoms with Crippen LogP contribution in [0.5, 0.6) is 0 Å². The minimum absolute atomic E-state index is 0.185. The van der Waals surface area contributed by atoms with E-state index in [1.165, 1.54) is 5.56 Å². The van der Waals surface area contributed by atoms with E-state index in [0.29, 0.717) is 11.3 Å². The van der Waals surface area contributed by atoms with Crippen LogP contribution in [0, 0.1) is 13.8 Å². The van der Waals surface area contributed by atoms with Crippen LogP contribution < -0.4 is 20.9 Å². The summed E-state index contributed by atoms with van der Waals surface area (Å²) in [6.07, 6.45) is 3.56. The molecule has 0 aliphatic heterocycles. The van der Waals surface area contributed by atoms with E-state index < -0.39 is 0 Å². The molecule has 7 heteroatoms. The van der Waals surface area contributed by atoms with Crippen molar-refractivity contribution >= 4 is 50.9 Å². The molecule has 0 fully saturated rings. The molecule has 2 heterocycles. The number of aryl methyl sites for hydroxylation is 2. The molecule has 2 aromatic heterocycles. The third kappa shape index (κ3) is 5.57. The normalized spacial score (nSPS) is 10.7. The number of hydrogen-bond donors (Lipinski definition) is 3. The van der Waals surface area contributed by atoms with Gasteiger partial charge in [0.15, 0.2) is 0 Å². The van der Waals surface area contributed by atoms with Gasteiger partial charge >= 0.3 is 0 Å². The largest absolute Gasteiger partial charge is 0.377 e. The second-order valence-electron chi connectivity index (χ2n) is 9.46. The van der Waals surface area contributed by atoms with E-state index in [1.807, 2.05) is 81.7 Å². The molecule has 0 bridgehead atoms. The van der Waals surface area contributed by atoms with Crippen LogP contribution in [0.3, 0.4) is 0 Å². The predicted octanol–water partition coefficient (Wildman–Crippen LogP) is 7.05. The van der Waals surface area contributed by atoms with Crippen molar-refractivity contribution in [1.82, 2.24) is 9.97 Å². The van der Waals surface area contributed by atoms with Crippen molar-refractivity contribution in [3.63, 3.8) is 0 Å². The monoisotopic (exact) mass is 502 g/mol. The van der Waals surface area contributed by atoms with Crippen molar-refractivity contribution in [1.29, 1.82) is 0 Å². The molecule has 3 N–H and O–H groups in total. The number of rotatable bonds is 7. The number of pyridine rings is 2. The molecule has 0 aliphatic rings. The summed E-state index contributed by atoms with van der Waals surface area (Å²) in [6, 6.07) is 25.2. The van der Waals surface area contributed by atoms with Gasteiger partial charge in [0.25, 0.3) is 5.91 Å². The first-order valence-electron chi connectivity index (χ1n) is 12.4. The first kappa shape index (κ1) is 24.8. The summed E-state index contributed by atoms with van der Waals surface area (Å²) in [5.41, 5.74) is 8.98. The van der Waals surface area contributed by atoms with Crippen LogP contribution in [0.2, 0.25) is 0 Å². The predicted molar refractivity (Wildman–Crippen MR) is 157 cm³/mol. The number of nitrogens with one attached hydrogen (secondary N) is 3. The zero-order valence-corrected chi connectivity index (χ0v) is 21.9. The first-order chi connectivity index (χ1) is 18.4. The average Bonchev–Trinajstić information content (AvgIpc) is 2.89. The van der Waals surface area contributed by atoms with E-state index in [1.54, 1.807) is 18.5 Å². The Balaban J connectivity index is 1.34. The molecule has 0 aliphatic carbocycles. The molecule has 5 rings (SSSR count). The lowest BCUT2D eigenvalue weighted by molar-refractivity contribution is 0.102. The lowest BCUT2D eigenvalue weighted by atomic mass is 10.1. The molecule has 0 unspecified atom stereocenters. The topological polar surface area (TPSA) is 82.2 Å². The number of carbonyl (C=O) groups excluding carboxylic acids is 1. The highest BCUT2D eigenvalue weighted by Crippen LogP contribution is 2.31. The van der Waals surface area contributed by atoms with Gasteiger partial charge in [0, 0.05) is 77.3 Å². The van der Waals surface area contributed by atoms with E-state index in [2.05, 4.69) is 49.9 Å². The minimum Gasteiger partial charge on any atom is -0.377 e. The number of carbonyl (C=O) groups is 1. The fourth-order valence-electron chi connectivity index (χ4n) is 4.44. The molecule has 38 heavy (non-hydrogen) atoms. The smallest absolute Gasteiger partial charge is 0.255 e. The SMILES string of the molecule is Cc1cc(Nc2cccc(NC(=O)c3cccc(Nc4ccnc5cc(C)c(N(C)C)cc45)c3)c2)ccn1. The first-order valence-corrected chi connectivity index (χ1v) is 12.4. The molecular weight excluding hydrogens is 472 g/mol. The molecule has 5 aromatic rings. The quantitative estimate of drug-likeness (QED) is 0.221. The van der Waals surface area contributed by atoms with Gasteiger partial charge in [0.1, 0.15) is 0 Å². The molecule has 1 amide bonds. The van der Waals surface area contributed by atoms with Crippen LogP contribution in [0.4, 0.5) is 34.1 Å². The van der Waals surface area contributed by atoms with E-state index in [9.17, 15) is 4.79 Å². The summed E-state index contributed by atoms with van der Waals surface area (Å²) in [5, 5.41) is 10.9. The number of fused-ring (bicyclic) bond motifs is 1. The summed E-state index contributed by atoms with van der Waals surface area (Å²) in [4.78, 5) is 24.0. The van der Waals surface area contributed by atoms with E-state index in [4.69, 9.17) is 0 Å². The van der Waals surface area contributed by atoms with Crippen molar-refractivity contribution in [3.05, 3.63) is 108 Å². The van der Waals surface area contributed by atoms with Gasteiger partial charge in [0.05, 0.1) is 5.52 Å². The summed E-state index contributed by atoms with van der Waals surface area (Å²) in [6.45, 7) is 4.04. The Labute approximate surface area is 222 Å². The maximum absolute atomic E-state index is 13.1. The number of nitrogens with zero attached hydrogens (tertiary/aromatic N) is 3. The molecule has 0 saturated heterocycles. The van der Waals surface area contributed by atoms with E-state index in [-0.39, 0.29) is 5.91 Å². The highest BCUT2D eigenvalue weighted by atomic mass is 16.1. The fraction of sp³-hybridized carbons (Fsp3) is 0.129. The van der Waals surface area contributed by atoms with Gasteiger partial charge in [-0.3, -0.25) is 14.8 Å². The Hall–Kier alpha value is -4.91. The molecule has 0 radical (unpaired) electrons. The van der Waals surface area contributed by atoms with Gasteiger partial charge < -0.3 is 20.9 Å². The second-order valence-corrected chi connectivity index (χ2v) is 9.46. The summed E-state index contributed by atoms with van der Waals surface area (Å²) < 4.78 is 0. The standard InChI is InChI=1S/C31H30N6O/c1-20-15-29-27(19-30(20)37(3)4)28(12-14-33-29)35-23-8-5-7-22(17-23)31(38)36-25-10-6-9-24(18-25)34-26-11-13-32-21(2)16-26/h5-19H,1-4H3,(H,32,34)(H,33,35)(H,36,38). The van der Waals surface area contributed by atoms with Gasteiger partial charge in [-0.2, -0.15) is 0 Å². The molecule has 0 atom stereocenters. The third-order valence-corrected chi connectivity index (χ3v) is 6.25. The van der Waals surface area contributed by atoms with E-state index in [0.717, 1.165) is 45.0 Å². The van der Waals surface area contributed by atoms with Crippen LogP contribution in [-0.4, -0.2) is 30.0 Å². The Bertz CT molecular complexity index is 1630. The lowest BCUT2D eigenvalue weighted by Crippen LogP contribution is -2.12. The Morgan fingerprint density at radius 2 is 1.45 bits per heavy atom. The molecule has 7 nitrogen and oxygen atoms in total. The number of aromatic nitrogens is 2. The highest BCUT2D eigenvalue weighted by molar-refractivity contribution is 6.05. The average molecular weight is 503 g/mol. The molecule has 0 spiro atoms. The fourth-order valence-corrected chi connectivity index (χ4v) is 4.44. The van der Waals surface area contributed by atoms with Crippen LogP contribution in [0.1, 0.15) is 21.6 Å². The van der Waals surface area contributed by atoms with Gasteiger partial charge in [-0.1, -0.05) is 12.1 Å². The van der Waals surface area contributed by atoms with Gasteiger partial charge in [-0.05, 0) is 86.1 Å².